The summed E-state index contributed by atoms with van der Waals surface area (Å²) < 4.78 is 36.0. The second-order valence-electron chi connectivity index (χ2n) is 4.98. The van der Waals surface area contributed by atoms with Crippen LogP contribution >= 0.6 is 0 Å². The van der Waals surface area contributed by atoms with Crippen molar-refractivity contribution in [3.8, 4) is 0 Å². The second kappa shape index (κ2) is 2.68. The van der Waals surface area contributed by atoms with Gasteiger partial charge in [-0.3, -0.25) is 4.79 Å². The highest BCUT2D eigenvalue weighted by Gasteiger charge is 2.66. The monoisotopic (exact) mass is 219 g/mol. The molecule has 0 aromatic rings. The molecule has 4 atom stereocenters. The van der Waals surface area contributed by atoms with E-state index in [1.165, 1.54) is 6.42 Å². The summed E-state index contributed by atoms with van der Waals surface area (Å²) in [7, 11) is 0. The van der Waals surface area contributed by atoms with Gasteiger partial charge in [-0.1, -0.05) is 0 Å². The van der Waals surface area contributed by atoms with Crippen LogP contribution in [-0.2, 0) is 4.79 Å². The number of nitrogens with one attached hydrogen (secondary N) is 1. The van der Waals surface area contributed by atoms with E-state index in [1.54, 1.807) is 0 Å². The van der Waals surface area contributed by atoms with Crippen molar-refractivity contribution in [3.05, 3.63) is 0 Å². The smallest absolute Gasteiger partial charge is 0.345 e. The van der Waals surface area contributed by atoms with E-state index in [0.29, 0.717) is 23.7 Å². The predicted octanol–water partition coefficient (Wildman–Crippen LogP) is 1.71. The highest BCUT2D eigenvalue weighted by molar-refractivity contribution is 5.82. The average Bonchev–Trinajstić information content (AvgIpc) is 2.57. The first kappa shape index (κ1) is 9.48. The number of hydrogen-bond acceptors (Lipinski definition) is 1. The van der Waals surface area contributed by atoms with Gasteiger partial charge in [0.25, 0.3) is 0 Å². The van der Waals surface area contributed by atoms with Gasteiger partial charge >= 0.3 is 12.1 Å². The van der Waals surface area contributed by atoms with Gasteiger partial charge in [0.2, 0.25) is 0 Å². The molecule has 0 saturated heterocycles. The van der Waals surface area contributed by atoms with Gasteiger partial charge in [-0.15, -0.1) is 0 Å². The second-order valence-corrected chi connectivity index (χ2v) is 4.98. The van der Waals surface area contributed by atoms with Crippen molar-refractivity contribution in [1.82, 2.24) is 5.32 Å². The summed E-state index contributed by atoms with van der Waals surface area (Å²) in [5, 5.41) is 2.13. The first-order valence-electron chi connectivity index (χ1n) is 5.36. The molecule has 3 rings (SSSR count). The van der Waals surface area contributed by atoms with Crippen LogP contribution < -0.4 is 5.32 Å². The Kier molecular flexibility index (Phi) is 1.70. The van der Waals surface area contributed by atoms with Crippen molar-refractivity contribution in [2.75, 3.05) is 0 Å². The zero-order valence-electron chi connectivity index (χ0n) is 8.05. The summed E-state index contributed by atoms with van der Waals surface area (Å²) in [5.74, 6) is 0.114. The van der Waals surface area contributed by atoms with Crippen LogP contribution in [0.3, 0.4) is 0 Å². The van der Waals surface area contributed by atoms with E-state index in [-0.39, 0.29) is 6.04 Å². The van der Waals surface area contributed by atoms with E-state index in [1.807, 2.05) is 0 Å². The molecule has 2 nitrogen and oxygen atoms in total. The molecule has 3 aliphatic carbocycles. The van der Waals surface area contributed by atoms with Crippen molar-refractivity contribution in [2.45, 2.75) is 31.5 Å². The van der Waals surface area contributed by atoms with Crippen LogP contribution in [0.15, 0.2) is 0 Å². The van der Waals surface area contributed by atoms with Gasteiger partial charge in [0.15, 0.2) is 0 Å². The summed E-state index contributed by atoms with van der Waals surface area (Å²) in [6, 6.07) is -0.176. The van der Waals surface area contributed by atoms with Crippen LogP contribution in [0.2, 0.25) is 0 Å². The van der Waals surface area contributed by atoms with Crippen LogP contribution in [0, 0.1) is 23.7 Å². The molecule has 15 heavy (non-hydrogen) atoms. The summed E-state index contributed by atoms with van der Waals surface area (Å²) in [5.41, 5.74) is 0. The van der Waals surface area contributed by atoms with Crippen molar-refractivity contribution >= 4 is 5.91 Å². The van der Waals surface area contributed by atoms with Crippen LogP contribution in [0.4, 0.5) is 13.2 Å². The maximum atomic E-state index is 12.0. The third kappa shape index (κ3) is 1.28. The summed E-state index contributed by atoms with van der Waals surface area (Å²) >= 11 is 0. The molecule has 0 spiro atoms. The van der Waals surface area contributed by atoms with E-state index in [2.05, 4.69) is 5.32 Å². The topological polar surface area (TPSA) is 29.1 Å². The molecule has 0 aromatic carbocycles. The lowest BCUT2D eigenvalue weighted by Crippen LogP contribution is -2.40. The van der Waals surface area contributed by atoms with Gasteiger partial charge in [0.1, 0.15) is 0 Å². The Bertz CT molecular complexity index is 298. The van der Waals surface area contributed by atoms with Crippen LogP contribution in [0.5, 0.6) is 0 Å². The molecule has 0 radical (unpaired) electrons. The maximum Gasteiger partial charge on any atom is 0.471 e. The van der Waals surface area contributed by atoms with Gasteiger partial charge in [-0.25, -0.2) is 0 Å². The fourth-order valence-corrected chi connectivity index (χ4v) is 3.75. The molecular formula is C10H12F3NO. The molecule has 4 unspecified atom stereocenters. The zero-order chi connectivity index (χ0) is 10.8. The Labute approximate surface area is 85.2 Å². The SMILES string of the molecule is O=C(NC1C2C3CCC(C3)C12)C(F)(F)F. The number of alkyl halides is 3. The molecule has 84 valence electrons. The fraction of sp³-hybridized carbons (Fsp3) is 0.900. The number of halogens is 3. The Hall–Kier alpha value is -0.740. The number of carbonyl (C=O) groups excluding carboxylic acids is 1. The standard InChI is InChI=1S/C10H12F3NO/c11-10(12,13)9(15)14-8-6-4-1-2-5(3-4)7(6)8/h4-8H,1-3H2,(H,14,15). The quantitative estimate of drug-likeness (QED) is 0.714. The van der Waals surface area contributed by atoms with Crippen molar-refractivity contribution in [1.29, 1.82) is 0 Å². The highest BCUT2D eigenvalue weighted by atomic mass is 19.4. The normalized spacial score (nSPS) is 46.5. The predicted molar refractivity (Wildman–Crippen MR) is 45.8 cm³/mol. The first-order chi connectivity index (χ1) is 6.98. The van der Waals surface area contributed by atoms with Crippen molar-refractivity contribution in [2.24, 2.45) is 23.7 Å². The van der Waals surface area contributed by atoms with Gasteiger partial charge in [-0.2, -0.15) is 13.2 Å². The third-order valence-electron chi connectivity index (χ3n) is 4.29. The molecule has 5 heteroatoms. The third-order valence-corrected chi connectivity index (χ3v) is 4.29. The van der Waals surface area contributed by atoms with E-state index in [0.717, 1.165) is 12.8 Å². The van der Waals surface area contributed by atoms with Crippen molar-refractivity contribution in [3.63, 3.8) is 0 Å². The number of amides is 1. The Morgan fingerprint density at radius 1 is 1.13 bits per heavy atom. The lowest BCUT2D eigenvalue weighted by atomic mass is 10.0. The molecule has 3 aliphatic rings. The summed E-state index contributed by atoms with van der Waals surface area (Å²) in [6.07, 6.45) is -1.27. The Morgan fingerprint density at radius 3 is 2.13 bits per heavy atom. The molecule has 1 amide bonds. The number of rotatable bonds is 1. The maximum absolute atomic E-state index is 12.0. The van der Waals surface area contributed by atoms with Gasteiger partial charge in [-0.05, 0) is 42.9 Å². The molecule has 0 heterocycles. The molecule has 0 aromatic heterocycles. The summed E-state index contributed by atoms with van der Waals surface area (Å²) in [6.45, 7) is 0. The van der Waals surface area contributed by atoms with Gasteiger partial charge in [0, 0.05) is 6.04 Å². The Balaban J connectivity index is 1.62. The minimum atomic E-state index is -4.73. The van der Waals surface area contributed by atoms with Crippen LogP contribution in [-0.4, -0.2) is 18.1 Å². The Morgan fingerprint density at radius 2 is 1.67 bits per heavy atom. The first-order valence-corrected chi connectivity index (χ1v) is 5.36. The number of fused-ring (bicyclic) bond motifs is 5. The van der Waals surface area contributed by atoms with E-state index >= 15 is 0 Å². The van der Waals surface area contributed by atoms with Gasteiger partial charge in [0.05, 0.1) is 0 Å². The largest absolute Gasteiger partial charge is 0.471 e. The number of hydrogen-bond donors (Lipinski definition) is 1. The molecule has 3 saturated carbocycles. The lowest BCUT2D eigenvalue weighted by molar-refractivity contribution is -0.174. The van der Waals surface area contributed by atoms with E-state index in [4.69, 9.17) is 0 Å². The summed E-state index contributed by atoms with van der Waals surface area (Å²) in [4.78, 5) is 10.7. The molecule has 3 fully saturated rings. The van der Waals surface area contributed by atoms with E-state index < -0.39 is 12.1 Å². The zero-order valence-corrected chi connectivity index (χ0v) is 8.05. The minimum absolute atomic E-state index is 0.176. The van der Waals surface area contributed by atoms with Gasteiger partial charge < -0.3 is 5.32 Å². The van der Waals surface area contributed by atoms with E-state index in [9.17, 15) is 18.0 Å². The molecular weight excluding hydrogens is 207 g/mol. The fourth-order valence-electron chi connectivity index (χ4n) is 3.75. The minimum Gasteiger partial charge on any atom is -0.345 e. The lowest BCUT2D eigenvalue weighted by Gasteiger charge is -2.11. The average molecular weight is 219 g/mol. The molecule has 2 bridgehead atoms. The highest BCUT2D eigenvalue weighted by Crippen LogP contribution is 2.65. The van der Waals surface area contributed by atoms with Crippen LogP contribution in [0.1, 0.15) is 19.3 Å². The number of carbonyl (C=O) groups is 1. The molecule has 0 aliphatic heterocycles. The van der Waals surface area contributed by atoms with Crippen LogP contribution in [0.25, 0.3) is 0 Å². The van der Waals surface area contributed by atoms with Crippen molar-refractivity contribution < 1.29 is 18.0 Å². The molecule has 1 N–H and O–H groups in total.